The minimum absolute atomic E-state index is 0.00416. The molecule has 2 heterocycles. The van der Waals surface area contributed by atoms with Crippen molar-refractivity contribution in [1.82, 2.24) is 0 Å². The van der Waals surface area contributed by atoms with Crippen LogP contribution in [0.3, 0.4) is 0 Å². The van der Waals surface area contributed by atoms with Crippen molar-refractivity contribution in [2.75, 3.05) is 0 Å². The Kier molecular flexibility index (Phi) is 2.29. The molecule has 110 valence electrons. The van der Waals surface area contributed by atoms with Gasteiger partial charge in [0.15, 0.2) is 16.9 Å². The van der Waals surface area contributed by atoms with Gasteiger partial charge in [-0.25, -0.2) is 0 Å². The molecule has 3 heteroatoms. The van der Waals surface area contributed by atoms with Crippen LogP contribution in [0.15, 0.2) is 63.4 Å². The number of fused-ring (bicyclic) bond motifs is 7. The molecular weight excluding hydrogens is 288 g/mol. The van der Waals surface area contributed by atoms with E-state index in [1.807, 2.05) is 42.5 Å². The number of para-hydroxylation sites is 2. The lowest BCUT2D eigenvalue weighted by molar-refractivity contribution is 0.101. The SMILES string of the molecule is CC(=O)c1cccc2c1oc1c2ccc2c3ccccc3oc21. The van der Waals surface area contributed by atoms with Crippen LogP contribution >= 0.6 is 0 Å². The number of rotatable bonds is 1. The second-order valence-corrected chi connectivity index (χ2v) is 5.76. The lowest BCUT2D eigenvalue weighted by Gasteiger charge is -1.95. The summed E-state index contributed by atoms with van der Waals surface area (Å²) in [6.07, 6.45) is 0. The number of furan rings is 2. The first-order valence-corrected chi connectivity index (χ1v) is 7.50. The summed E-state index contributed by atoms with van der Waals surface area (Å²) in [5, 5.41) is 4.00. The Labute approximate surface area is 131 Å². The van der Waals surface area contributed by atoms with Gasteiger partial charge in [-0.1, -0.05) is 30.3 Å². The molecule has 0 aliphatic heterocycles. The Morgan fingerprint density at radius 1 is 0.696 bits per heavy atom. The van der Waals surface area contributed by atoms with Crippen LogP contribution in [-0.2, 0) is 0 Å². The van der Waals surface area contributed by atoms with E-state index in [4.69, 9.17) is 8.83 Å². The van der Waals surface area contributed by atoms with Crippen LogP contribution < -0.4 is 0 Å². The van der Waals surface area contributed by atoms with Gasteiger partial charge in [-0.15, -0.1) is 0 Å². The molecule has 0 bridgehead atoms. The molecule has 2 aromatic heterocycles. The average Bonchev–Trinajstić information content (AvgIpc) is 3.12. The second-order valence-electron chi connectivity index (χ2n) is 5.76. The van der Waals surface area contributed by atoms with Gasteiger partial charge in [-0.2, -0.15) is 0 Å². The van der Waals surface area contributed by atoms with E-state index in [0.29, 0.717) is 16.7 Å². The number of hydrogen-bond acceptors (Lipinski definition) is 3. The van der Waals surface area contributed by atoms with Crippen LogP contribution in [0, 0.1) is 0 Å². The summed E-state index contributed by atoms with van der Waals surface area (Å²) >= 11 is 0. The van der Waals surface area contributed by atoms with Gasteiger partial charge in [0.25, 0.3) is 0 Å². The van der Waals surface area contributed by atoms with Gasteiger partial charge in [-0.05, 0) is 31.2 Å². The summed E-state index contributed by atoms with van der Waals surface area (Å²) in [5.41, 5.74) is 3.49. The van der Waals surface area contributed by atoms with Crippen molar-refractivity contribution in [2.45, 2.75) is 6.92 Å². The van der Waals surface area contributed by atoms with Crippen LogP contribution in [0.25, 0.3) is 43.9 Å². The van der Waals surface area contributed by atoms with Crippen LogP contribution in [0.4, 0.5) is 0 Å². The van der Waals surface area contributed by atoms with E-state index in [1.165, 1.54) is 0 Å². The standard InChI is InChI=1S/C20H12O3/c1-11(21)12-6-4-7-14-16-10-9-15-13-5-2-3-8-17(13)22-19(15)20(16)23-18(12)14/h2-10H,1H3. The number of hydrogen-bond donors (Lipinski definition) is 0. The average molecular weight is 300 g/mol. The molecule has 3 nitrogen and oxygen atoms in total. The third-order valence-electron chi connectivity index (χ3n) is 4.39. The Morgan fingerprint density at radius 3 is 2.17 bits per heavy atom. The van der Waals surface area contributed by atoms with Crippen LogP contribution in [-0.4, -0.2) is 5.78 Å². The van der Waals surface area contributed by atoms with E-state index < -0.39 is 0 Å². The minimum Gasteiger partial charge on any atom is -0.452 e. The van der Waals surface area contributed by atoms with Crippen molar-refractivity contribution in [1.29, 1.82) is 0 Å². The monoisotopic (exact) mass is 300 g/mol. The molecular formula is C20H12O3. The minimum atomic E-state index is -0.00416. The molecule has 0 aliphatic carbocycles. The maximum Gasteiger partial charge on any atom is 0.178 e. The van der Waals surface area contributed by atoms with Crippen LogP contribution in [0.2, 0.25) is 0 Å². The van der Waals surface area contributed by atoms with E-state index in [1.54, 1.807) is 13.0 Å². The fourth-order valence-corrected chi connectivity index (χ4v) is 3.32. The van der Waals surface area contributed by atoms with Crippen molar-refractivity contribution < 1.29 is 13.6 Å². The molecule has 0 atom stereocenters. The highest BCUT2D eigenvalue weighted by atomic mass is 16.4. The summed E-state index contributed by atoms with van der Waals surface area (Å²) in [7, 11) is 0. The highest BCUT2D eigenvalue weighted by Crippen LogP contribution is 2.39. The molecule has 5 aromatic rings. The molecule has 0 unspecified atom stereocenters. The number of carbonyl (C=O) groups excluding carboxylic acids is 1. The molecule has 0 aliphatic rings. The number of benzene rings is 3. The van der Waals surface area contributed by atoms with E-state index in [2.05, 4.69) is 6.07 Å². The van der Waals surface area contributed by atoms with Crippen molar-refractivity contribution in [3.8, 4) is 0 Å². The molecule has 5 rings (SSSR count). The number of carbonyl (C=O) groups is 1. The molecule has 3 aromatic carbocycles. The van der Waals surface area contributed by atoms with Crippen molar-refractivity contribution in [2.24, 2.45) is 0 Å². The third-order valence-corrected chi connectivity index (χ3v) is 4.39. The molecule has 0 fully saturated rings. The second kappa shape index (κ2) is 4.23. The molecule has 23 heavy (non-hydrogen) atoms. The van der Waals surface area contributed by atoms with E-state index in [-0.39, 0.29) is 5.78 Å². The highest BCUT2D eigenvalue weighted by Gasteiger charge is 2.18. The first-order chi connectivity index (χ1) is 11.2. The van der Waals surface area contributed by atoms with Gasteiger partial charge in [0.05, 0.1) is 5.56 Å². The summed E-state index contributed by atoms with van der Waals surface area (Å²) < 4.78 is 12.1. The smallest absolute Gasteiger partial charge is 0.178 e. The van der Waals surface area contributed by atoms with Gasteiger partial charge < -0.3 is 8.83 Å². The normalized spacial score (nSPS) is 11.9. The van der Waals surface area contributed by atoms with Gasteiger partial charge in [0.1, 0.15) is 11.2 Å². The van der Waals surface area contributed by atoms with Crippen molar-refractivity contribution in [3.05, 3.63) is 60.2 Å². The van der Waals surface area contributed by atoms with Gasteiger partial charge in [0.2, 0.25) is 0 Å². The lowest BCUT2D eigenvalue weighted by atomic mass is 10.1. The summed E-state index contributed by atoms with van der Waals surface area (Å²) in [6, 6.07) is 17.7. The van der Waals surface area contributed by atoms with Crippen molar-refractivity contribution in [3.63, 3.8) is 0 Å². The number of Topliss-reactive ketones (excluding diaryl/α,β-unsaturated/α-hetero) is 1. The Morgan fingerprint density at radius 2 is 1.35 bits per heavy atom. The first-order valence-electron chi connectivity index (χ1n) is 7.50. The molecule has 0 saturated carbocycles. The summed E-state index contributed by atoms with van der Waals surface area (Å²) in [5.74, 6) is -0.00416. The predicted molar refractivity (Wildman–Crippen MR) is 91.0 cm³/mol. The topological polar surface area (TPSA) is 43.4 Å². The predicted octanol–water partition coefficient (Wildman–Crippen LogP) is 5.69. The third kappa shape index (κ3) is 1.56. The Balaban J connectivity index is 2.03. The van der Waals surface area contributed by atoms with E-state index in [9.17, 15) is 4.79 Å². The van der Waals surface area contributed by atoms with Crippen LogP contribution in [0.1, 0.15) is 17.3 Å². The molecule has 0 amide bonds. The lowest BCUT2D eigenvalue weighted by Crippen LogP contribution is -1.91. The van der Waals surface area contributed by atoms with Gasteiger partial charge in [-0.3, -0.25) is 4.79 Å². The molecule has 0 saturated heterocycles. The fourth-order valence-electron chi connectivity index (χ4n) is 3.32. The Bertz CT molecular complexity index is 1240. The maximum atomic E-state index is 11.9. The van der Waals surface area contributed by atoms with Gasteiger partial charge in [0, 0.05) is 21.5 Å². The molecule has 0 N–H and O–H groups in total. The maximum absolute atomic E-state index is 11.9. The number of ketones is 1. The fraction of sp³-hybridized carbons (Fsp3) is 0.0500. The van der Waals surface area contributed by atoms with E-state index in [0.717, 1.165) is 32.7 Å². The van der Waals surface area contributed by atoms with Crippen molar-refractivity contribution >= 4 is 49.7 Å². The molecule has 0 radical (unpaired) electrons. The van der Waals surface area contributed by atoms with Crippen LogP contribution in [0.5, 0.6) is 0 Å². The van der Waals surface area contributed by atoms with Gasteiger partial charge >= 0.3 is 0 Å². The summed E-state index contributed by atoms with van der Waals surface area (Å²) in [6.45, 7) is 1.55. The quantitative estimate of drug-likeness (QED) is 0.374. The molecule has 0 spiro atoms. The zero-order valence-corrected chi connectivity index (χ0v) is 12.4. The largest absolute Gasteiger partial charge is 0.452 e. The summed E-state index contributed by atoms with van der Waals surface area (Å²) in [4.78, 5) is 11.9. The first kappa shape index (κ1) is 12.5. The zero-order chi connectivity index (χ0) is 15.6. The zero-order valence-electron chi connectivity index (χ0n) is 12.4. The van der Waals surface area contributed by atoms with E-state index >= 15 is 0 Å². The Hall–Kier alpha value is -3.07. The highest BCUT2D eigenvalue weighted by molar-refractivity contribution is 6.20.